The Morgan fingerprint density at radius 3 is 3.00 bits per heavy atom. The molecule has 4 rings (SSSR count). The number of fused-ring (bicyclic) bond motifs is 2. The zero-order valence-corrected chi connectivity index (χ0v) is 14.0. The van der Waals surface area contributed by atoms with Crippen LogP contribution >= 0.6 is 0 Å². The molecule has 2 aliphatic rings. The van der Waals surface area contributed by atoms with Crippen molar-refractivity contribution >= 4 is 10.9 Å². The van der Waals surface area contributed by atoms with Crippen molar-refractivity contribution in [3.05, 3.63) is 36.0 Å². The third-order valence-corrected chi connectivity index (χ3v) is 5.39. The predicted molar refractivity (Wildman–Crippen MR) is 92.8 cm³/mol. The zero-order valence-electron chi connectivity index (χ0n) is 14.0. The lowest BCUT2D eigenvalue weighted by molar-refractivity contribution is 0.0532. The first-order valence-corrected chi connectivity index (χ1v) is 8.65. The highest BCUT2D eigenvalue weighted by Gasteiger charge is 2.34. The molecule has 0 radical (unpaired) electrons. The summed E-state index contributed by atoms with van der Waals surface area (Å²) in [5, 5.41) is 1.14. The number of pyridine rings is 1. The van der Waals surface area contributed by atoms with E-state index in [1.165, 1.54) is 32.5 Å². The topological polar surface area (TPSA) is 28.6 Å². The van der Waals surface area contributed by atoms with Crippen molar-refractivity contribution in [2.45, 2.75) is 38.4 Å². The zero-order chi connectivity index (χ0) is 15.8. The fourth-order valence-electron chi connectivity index (χ4n) is 4.09. The van der Waals surface area contributed by atoms with Crippen LogP contribution < -0.4 is 4.74 Å². The van der Waals surface area contributed by atoms with E-state index >= 15 is 0 Å². The second-order valence-corrected chi connectivity index (χ2v) is 6.90. The molecule has 1 aromatic carbocycles. The summed E-state index contributed by atoms with van der Waals surface area (Å²) >= 11 is 0. The number of benzene rings is 1. The van der Waals surface area contributed by atoms with Crippen molar-refractivity contribution in [1.82, 2.24) is 14.8 Å². The fourth-order valence-corrected chi connectivity index (χ4v) is 4.09. The van der Waals surface area contributed by atoms with Crippen LogP contribution in [0.25, 0.3) is 10.9 Å². The van der Waals surface area contributed by atoms with Gasteiger partial charge in [0.1, 0.15) is 11.3 Å². The van der Waals surface area contributed by atoms with Gasteiger partial charge in [0.2, 0.25) is 0 Å². The molecule has 0 bridgehead atoms. The average Bonchev–Trinajstić information content (AvgIpc) is 3.01. The molecule has 2 aliphatic heterocycles. The highest BCUT2D eigenvalue weighted by atomic mass is 16.5. The molecule has 2 atom stereocenters. The molecule has 0 aliphatic carbocycles. The van der Waals surface area contributed by atoms with E-state index in [4.69, 9.17) is 9.72 Å². The summed E-state index contributed by atoms with van der Waals surface area (Å²) in [4.78, 5) is 10.1. The number of methoxy groups -OCH3 is 1. The van der Waals surface area contributed by atoms with Gasteiger partial charge in [-0.1, -0.05) is 18.2 Å². The summed E-state index contributed by atoms with van der Waals surface area (Å²) in [6.07, 6.45) is 2.71. The minimum Gasteiger partial charge on any atom is -0.494 e. The number of para-hydroxylation sites is 1. The van der Waals surface area contributed by atoms with Crippen LogP contribution in [0.1, 0.15) is 25.5 Å². The Kier molecular flexibility index (Phi) is 3.95. The van der Waals surface area contributed by atoms with Crippen LogP contribution in [-0.2, 0) is 6.54 Å². The Hall–Kier alpha value is -1.65. The molecule has 122 valence electrons. The molecule has 1 aromatic heterocycles. The van der Waals surface area contributed by atoms with Crippen molar-refractivity contribution in [2.75, 3.05) is 26.7 Å². The summed E-state index contributed by atoms with van der Waals surface area (Å²) in [7, 11) is 1.71. The van der Waals surface area contributed by atoms with Gasteiger partial charge < -0.3 is 4.74 Å². The van der Waals surface area contributed by atoms with Gasteiger partial charge >= 0.3 is 0 Å². The first-order valence-electron chi connectivity index (χ1n) is 8.65. The molecule has 0 saturated carbocycles. The maximum absolute atomic E-state index is 5.47. The largest absolute Gasteiger partial charge is 0.494 e. The molecule has 2 saturated heterocycles. The lowest BCUT2D eigenvalue weighted by Crippen LogP contribution is -2.54. The second-order valence-electron chi connectivity index (χ2n) is 6.90. The van der Waals surface area contributed by atoms with Gasteiger partial charge in [0.05, 0.1) is 12.8 Å². The number of nitrogens with zero attached hydrogens (tertiary/aromatic N) is 3. The van der Waals surface area contributed by atoms with Crippen molar-refractivity contribution in [2.24, 2.45) is 0 Å². The molecule has 4 heteroatoms. The van der Waals surface area contributed by atoms with Crippen molar-refractivity contribution in [1.29, 1.82) is 0 Å². The number of hydrogen-bond acceptors (Lipinski definition) is 4. The van der Waals surface area contributed by atoms with Crippen LogP contribution in [0.15, 0.2) is 30.3 Å². The molecule has 4 nitrogen and oxygen atoms in total. The molecular formula is C19H25N3O. The monoisotopic (exact) mass is 311 g/mol. The summed E-state index contributed by atoms with van der Waals surface area (Å²) < 4.78 is 5.47. The summed E-state index contributed by atoms with van der Waals surface area (Å²) in [5.41, 5.74) is 2.11. The molecular weight excluding hydrogens is 286 g/mol. The standard InChI is InChI=1S/C19H25N3O/c1-14-11-21-10-4-6-17(21)13-22(14)12-16-9-8-15-5-3-7-18(23-2)19(15)20-16/h3,5,7-9,14,17H,4,6,10-13H2,1-2H3/t14-,17+/m0/s1. The van der Waals surface area contributed by atoms with E-state index in [9.17, 15) is 0 Å². The van der Waals surface area contributed by atoms with Crippen LogP contribution in [0.2, 0.25) is 0 Å². The van der Waals surface area contributed by atoms with Crippen molar-refractivity contribution < 1.29 is 4.74 Å². The number of hydrogen-bond donors (Lipinski definition) is 0. The maximum atomic E-state index is 5.47. The van der Waals surface area contributed by atoms with E-state index in [0.717, 1.165) is 34.9 Å². The van der Waals surface area contributed by atoms with Gasteiger partial charge in [-0.05, 0) is 38.4 Å². The van der Waals surface area contributed by atoms with E-state index in [0.29, 0.717) is 6.04 Å². The number of aromatic nitrogens is 1. The normalized spacial score (nSPS) is 25.7. The number of ether oxygens (including phenoxy) is 1. The van der Waals surface area contributed by atoms with Gasteiger partial charge in [-0.15, -0.1) is 0 Å². The van der Waals surface area contributed by atoms with Crippen LogP contribution in [0, 0.1) is 0 Å². The quantitative estimate of drug-likeness (QED) is 0.871. The average molecular weight is 311 g/mol. The molecule has 2 aromatic rings. The third-order valence-electron chi connectivity index (χ3n) is 5.39. The maximum Gasteiger partial charge on any atom is 0.145 e. The van der Waals surface area contributed by atoms with E-state index in [1.807, 2.05) is 12.1 Å². The van der Waals surface area contributed by atoms with Crippen LogP contribution in [-0.4, -0.2) is 53.6 Å². The minimum atomic E-state index is 0.597. The van der Waals surface area contributed by atoms with Gasteiger partial charge in [0.15, 0.2) is 0 Å². The third kappa shape index (κ3) is 2.81. The molecule has 2 fully saturated rings. The Morgan fingerprint density at radius 1 is 1.22 bits per heavy atom. The van der Waals surface area contributed by atoms with E-state index in [1.54, 1.807) is 7.11 Å². The molecule has 23 heavy (non-hydrogen) atoms. The molecule has 0 spiro atoms. The van der Waals surface area contributed by atoms with Gasteiger partial charge in [-0.2, -0.15) is 0 Å². The predicted octanol–water partition coefficient (Wildman–Crippen LogP) is 2.91. The lowest BCUT2D eigenvalue weighted by Gasteiger charge is -2.42. The Balaban J connectivity index is 1.57. The highest BCUT2D eigenvalue weighted by molar-refractivity contribution is 5.84. The van der Waals surface area contributed by atoms with Crippen LogP contribution in [0.5, 0.6) is 5.75 Å². The smallest absolute Gasteiger partial charge is 0.145 e. The first kappa shape index (κ1) is 14.9. The molecule has 0 amide bonds. The van der Waals surface area contributed by atoms with E-state index in [2.05, 4.69) is 34.9 Å². The minimum absolute atomic E-state index is 0.597. The number of piperazine rings is 1. The van der Waals surface area contributed by atoms with Crippen molar-refractivity contribution in [3.63, 3.8) is 0 Å². The van der Waals surface area contributed by atoms with Gasteiger partial charge in [0.25, 0.3) is 0 Å². The second kappa shape index (κ2) is 6.10. The van der Waals surface area contributed by atoms with Crippen LogP contribution in [0.3, 0.4) is 0 Å². The van der Waals surface area contributed by atoms with E-state index in [-0.39, 0.29) is 0 Å². The van der Waals surface area contributed by atoms with Crippen LogP contribution in [0.4, 0.5) is 0 Å². The fraction of sp³-hybridized carbons (Fsp3) is 0.526. The van der Waals surface area contributed by atoms with E-state index < -0.39 is 0 Å². The first-order chi connectivity index (χ1) is 11.2. The lowest BCUT2D eigenvalue weighted by atomic mass is 10.1. The summed E-state index contributed by atoms with van der Waals surface area (Å²) in [5.74, 6) is 0.859. The van der Waals surface area contributed by atoms with Gasteiger partial charge in [-0.3, -0.25) is 9.80 Å². The molecule has 3 heterocycles. The Morgan fingerprint density at radius 2 is 2.13 bits per heavy atom. The summed E-state index contributed by atoms with van der Waals surface area (Å²) in [6, 6.07) is 11.8. The Bertz CT molecular complexity index is 702. The summed E-state index contributed by atoms with van der Waals surface area (Å²) in [6.45, 7) is 6.93. The SMILES string of the molecule is COc1cccc2ccc(CN3C[C@H]4CCCN4C[C@@H]3C)nc12. The van der Waals surface area contributed by atoms with Crippen molar-refractivity contribution in [3.8, 4) is 5.75 Å². The number of rotatable bonds is 3. The molecule has 0 unspecified atom stereocenters. The van der Waals surface area contributed by atoms with Gasteiger partial charge in [-0.25, -0.2) is 4.98 Å². The highest BCUT2D eigenvalue weighted by Crippen LogP contribution is 2.27. The van der Waals surface area contributed by atoms with Gasteiger partial charge in [0, 0.05) is 37.1 Å². The Labute approximate surface area is 138 Å². The molecule has 0 N–H and O–H groups in total.